The van der Waals surface area contributed by atoms with Crippen LogP contribution < -0.4 is 14.4 Å². The van der Waals surface area contributed by atoms with Crippen molar-refractivity contribution in [1.29, 1.82) is 0 Å². The van der Waals surface area contributed by atoms with Crippen LogP contribution in [0.25, 0.3) is 0 Å². The van der Waals surface area contributed by atoms with Crippen molar-refractivity contribution in [2.75, 3.05) is 17.1 Å². The summed E-state index contributed by atoms with van der Waals surface area (Å²) in [6.07, 6.45) is 1.06. The zero-order chi connectivity index (χ0) is 20.9. The Morgan fingerprint density at radius 2 is 1.79 bits per heavy atom. The third-order valence-corrected chi connectivity index (χ3v) is 5.16. The van der Waals surface area contributed by atoms with Gasteiger partial charge in [-0.25, -0.2) is 8.42 Å². The number of nitrogens with zero attached hydrogens (tertiary/aromatic N) is 1. The second-order valence-electron chi connectivity index (χ2n) is 6.49. The molecule has 0 atom stereocenters. The second-order valence-corrected chi connectivity index (χ2v) is 9.27. The fourth-order valence-electron chi connectivity index (χ4n) is 2.47. The lowest BCUT2D eigenvalue weighted by Crippen LogP contribution is -2.40. The first-order valence-electron chi connectivity index (χ1n) is 8.50. The van der Waals surface area contributed by atoms with E-state index in [1.165, 1.54) is 18.2 Å². The van der Waals surface area contributed by atoms with E-state index >= 15 is 0 Å². The van der Waals surface area contributed by atoms with E-state index in [-0.39, 0.29) is 28.4 Å². The van der Waals surface area contributed by atoms with Crippen molar-refractivity contribution < 1.29 is 17.9 Å². The van der Waals surface area contributed by atoms with Gasteiger partial charge in [0.1, 0.15) is 12.3 Å². The molecule has 1 amide bonds. The number of carbonyl (C=O) groups excluding carboxylic acids is 1. The Morgan fingerprint density at radius 3 is 2.36 bits per heavy atom. The van der Waals surface area contributed by atoms with Crippen molar-refractivity contribution >= 4 is 44.8 Å². The number of carbonyl (C=O) groups is 1. The number of halogens is 2. The fraction of sp³-hybridized carbons (Fsp3) is 0.316. The van der Waals surface area contributed by atoms with Gasteiger partial charge in [-0.3, -0.25) is 9.10 Å². The van der Waals surface area contributed by atoms with Crippen LogP contribution in [0.3, 0.4) is 0 Å². The topological polar surface area (TPSA) is 75.7 Å². The number of hydrogen-bond donors (Lipinski definition) is 1. The summed E-state index contributed by atoms with van der Waals surface area (Å²) in [5.41, 5.74) is 1.06. The van der Waals surface area contributed by atoms with Crippen molar-refractivity contribution in [3.8, 4) is 5.75 Å². The van der Waals surface area contributed by atoms with Gasteiger partial charge in [0.25, 0.3) is 0 Å². The minimum atomic E-state index is -3.71. The first kappa shape index (κ1) is 22.3. The molecule has 152 valence electrons. The van der Waals surface area contributed by atoms with Gasteiger partial charge < -0.3 is 10.1 Å². The fourth-order valence-corrected chi connectivity index (χ4v) is 3.83. The zero-order valence-electron chi connectivity index (χ0n) is 15.8. The summed E-state index contributed by atoms with van der Waals surface area (Å²) < 4.78 is 30.9. The third kappa shape index (κ3) is 6.89. The van der Waals surface area contributed by atoms with Gasteiger partial charge in [-0.15, -0.1) is 0 Å². The van der Waals surface area contributed by atoms with Crippen LogP contribution in [0.15, 0.2) is 42.5 Å². The molecule has 0 saturated heterocycles. The van der Waals surface area contributed by atoms with Crippen LogP contribution in [0.5, 0.6) is 5.75 Å². The predicted octanol–water partition coefficient (Wildman–Crippen LogP) is 3.86. The first-order valence-corrected chi connectivity index (χ1v) is 11.1. The van der Waals surface area contributed by atoms with E-state index in [1.54, 1.807) is 0 Å². The maximum atomic E-state index is 12.4. The minimum Gasteiger partial charge on any atom is -0.491 e. The number of ether oxygens (including phenoxy) is 1. The largest absolute Gasteiger partial charge is 0.491 e. The average molecular weight is 445 g/mol. The highest BCUT2D eigenvalue weighted by molar-refractivity contribution is 7.92. The van der Waals surface area contributed by atoms with E-state index in [0.29, 0.717) is 5.75 Å². The monoisotopic (exact) mass is 444 g/mol. The minimum absolute atomic E-state index is 0.0395. The van der Waals surface area contributed by atoms with E-state index in [4.69, 9.17) is 27.9 Å². The smallest absolute Gasteiger partial charge is 0.241 e. The van der Waals surface area contributed by atoms with E-state index in [0.717, 1.165) is 16.1 Å². The average Bonchev–Trinajstić information content (AvgIpc) is 2.55. The van der Waals surface area contributed by atoms with Crippen LogP contribution in [0.1, 0.15) is 19.4 Å². The lowest BCUT2D eigenvalue weighted by atomic mass is 10.2. The number of nitrogens with one attached hydrogen (secondary N) is 1. The number of sulfonamides is 1. The molecule has 28 heavy (non-hydrogen) atoms. The molecular weight excluding hydrogens is 423 g/mol. The Morgan fingerprint density at radius 1 is 1.14 bits per heavy atom. The van der Waals surface area contributed by atoms with Gasteiger partial charge in [0.05, 0.1) is 18.0 Å². The van der Waals surface area contributed by atoms with E-state index in [9.17, 15) is 13.2 Å². The van der Waals surface area contributed by atoms with Crippen molar-refractivity contribution in [2.45, 2.75) is 26.5 Å². The molecule has 0 aliphatic carbocycles. The SMILES string of the molecule is CC(C)Oc1cccc(CNC(=O)CN(c2cc(Cl)cc(Cl)c2)S(C)(=O)=O)c1. The van der Waals surface area contributed by atoms with Gasteiger partial charge in [-0.2, -0.15) is 0 Å². The molecule has 0 aromatic heterocycles. The lowest BCUT2D eigenvalue weighted by Gasteiger charge is -2.22. The number of rotatable bonds is 8. The molecule has 6 nitrogen and oxygen atoms in total. The predicted molar refractivity (Wildman–Crippen MR) is 113 cm³/mol. The van der Waals surface area contributed by atoms with Gasteiger partial charge in [0.15, 0.2) is 0 Å². The molecule has 0 heterocycles. The van der Waals surface area contributed by atoms with Crippen LogP contribution in [-0.2, 0) is 21.4 Å². The first-order chi connectivity index (χ1) is 13.0. The molecular formula is C19H22Cl2N2O4S. The molecule has 2 aromatic carbocycles. The highest BCUT2D eigenvalue weighted by Gasteiger charge is 2.21. The second kappa shape index (κ2) is 9.49. The molecule has 2 aromatic rings. The van der Waals surface area contributed by atoms with Gasteiger partial charge in [0.2, 0.25) is 15.9 Å². The third-order valence-electron chi connectivity index (χ3n) is 3.58. The Labute approximate surface area is 175 Å². The Hall–Kier alpha value is -1.96. The standard InChI is InChI=1S/C19H22Cl2N2O4S/c1-13(2)27-18-6-4-5-14(7-18)11-22-19(24)12-23(28(3,25)26)17-9-15(20)8-16(21)10-17/h4-10,13H,11-12H2,1-3H3,(H,22,24). The molecule has 0 bridgehead atoms. The van der Waals surface area contributed by atoms with Crippen LogP contribution in [0.4, 0.5) is 5.69 Å². The maximum Gasteiger partial charge on any atom is 0.241 e. The van der Waals surface area contributed by atoms with Crippen LogP contribution >= 0.6 is 23.2 Å². The van der Waals surface area contributed by atoms with Crippen molar-refractivity contribution in [3.63, 3.8) is 0 Å². The lowest BCUT2D eigenvalue weighted by molar-refractivity contribution is -0.119. The zero-order valence-corrected chi connectivity index (χ0v) is 18.1. The Kier molecular flexibility index (Phi) is 7.57. The summed E-state index contributed by atoms with van der Waals surface area (Å²) in [5.74, 6) is 0.241. The summed E-state index contributed by atoms with van der Waals surface area (Å²) in [4.78, 5) is 12.4. The van der Waals surface area contributed by atoms with Gasteiger partial charge in [0, 0.05) is 16.6 Å². The van der Waals surface area contributed by atoms with Crippen LogP contribution in [0, 0.1) is 0 Å². The molecule has 9 heteroatoms. The number of benzene rings is 2. The quantitative estimate of drug-likeness (QED) is 0.670. The molecule has 0 aliphatic rings. The summed E-state index contributed by atoms with van der Waals surface area (Å²) >= 11 is 11.9. The van der Waals surface area contributed by atoms with E-state index in [1.807, 2.05) is 38.1 Å². The van der Waals surface area contributed by atoms with Gasteiger partial charge >= 0.3 is 0 Å². The van der Waals surface area contributed by atoms with Crippen molar-refractivity contribution in [1.82, 2.24) is 5.32 Å². The molecule has 0 fully saturated rings. The number of anilines is 1. The molecule has 0 unspecified atom stereocenters. The summed E-state index contributed by atoms with van der Waals surface area (Å²) in [7, 11) is -3.71. The Balaban J connectivity index is 2.08. The van der Waals surface area contributed by atoms with E-state index in [2.05, 4.69) is 5.32 Å². The highest BCUT2D eigenvalue weighted by Crippen LogP contribution is 2.26. The molecule has 0 radical (unpaired) electrons. The van der Waals surface area contributed by atoms with Crippen LogP contribution in [-0.4, -0.2) is 33.2 Å². The maximum absolute atomic E-state index is 12.4. The molecule has 0 aliphatic heterocycles. The molecule has 2 rings (SSSR count). The van der Waals surface area contributed by atoms with E-state index < -0.39 is 22.5 Å². The molecule has 1 N–H and O–H groups in total. The molecule has 0 saturated carbocycles. The van der Waals surface area contributed by atoms with Gasteiger partial charge in [-0.05, 0) is 49.7 Å². The summed E-state index contributed by atoms with van der Waals surface area (Å²) in [6, 6.07) is 11.7. The molecule has 0 spiro atoms. The normalized spacial score (nSPS) is 11.4. The number of amides is 1. The van der Waals surface area contributed by atoms with Crippen molar-refractivity contribution in [2.24, 2.45) is 0 Å². The van der Waals surface area contributed by atoms with Gasteiger partial charge in [-0.1, -0.05) is 35.3 Å². The summed E-state index contributed by atoms with van der Waals surface area (Å²) in [5, 5.41) is 3.27. The summed E-state index contributed by atoms with van der Waals surface area (Å²) in [6.45, 7) is 3.70. The Bertz CT molecular complexity index is 928. The highest BCUT2D eigenvalue weighted by atomic mass is 35.5. The number of hydrogen-bond acceptors (Lipinski definition) is 4. The van der Waals surface area contributed by atoms with Crippen LogP contribution in [0.2, 0.25) is 10.0 Å². The van der Waals surface area contributed by atoms with Crippen molar-refractivity contribution in [3.05, 3.63) is 58.1 Å².